The van der Waals surface area contributed by atoms with Gasteiger partial charge in [0.15, 0.2) is 0 Å². The number of benzene rings is 1. The molecule has 1 rings (SSSR count). The molecule has 110 valence electrons. The quantitative estimate of drug-likeness (QED) is 0.560. The monoisotopic (exact) mass is 294 g/mol. The highest BCUT2D eigenvalue weighted by atomic mass is 19.4. The number of hydrogen-bond acceptors (Lipinski definition) is 5. The van der Waals surface area contributed by atoms with Crippen LogP contribution in [0, 0.1) is 10.1 Å². The SMILES string of the molecule is O=C(O)[C@H](CO)Nc1ccc(C(F)(F)F)cc1[N+](=O)[O-]. The number of aliphatic carboxylic acids is 1. The Labute approximate surface area is 109 Å². The van der Waals surface area contributed by atoms with Crippen molar-refractivity contribution in [2.75, 3.05) is 11.9 Å². The molecule has 0 amide bonds. The number of hydrogen-bond donors (Lipinski definition) is 3. The highest BCUT2D eigenvalue weighted by Crippen LogP contribution is 2.35. The molecule has 0 radical (unpaired) electrons. The molecule has 10 heteroatoms. The van der Waals surface area contributed by atoms with E-state index in [1.54, 1.807) is 0 Å². The van der Waals surface area contributed by atoms with Gasteiger partial charge in [-0.2, -0.15) is 13.2 Å². The molecule has 0 unspecified atom stereocenters. The zero-order valence-corrected chi connectivity index (χ0v) is 9.72. The van der Waals surface area contributed by atoms with Crippen LogP contribution in [0.2, 0.25) is 0 Å². The normalized spacial score (nSPS) is 12.8. The van der Waals surface area contributed by atoms with Gasteiger partial charge < -0.3 is 15.5 Å². The zero-order chi connectivity index (χ0) is 15.5. The molecule has 0 fully saturated rings. The number of alkyl halides is 3. The minimum Gasteiger partial charge on any atom is -0.480 e. The molecule has 0 aliphatic rings. The lowest BCUT2D eigenvalue weighted by Gasteiger charge is -2.14. The maximum atomic E-state index is 12.4. The van der Waals surface area contributed by atoms with Crippen LogP contribution in [0.3, 0.4) is 0 Å². The third-order valence-corrected chi connectivity index (χ3v) is 2.33. The Morgan fingerprint density at radius 3 is 2.45 bits per heavy atom. The van der Waals surface area contributed by atoms with E-state index in [4.69, 9.17) is 10.2 Å². The second kappa shape index (κ2) is 5.74. The van der Waals surface area contributed by atoms with E-state index < -0.39 is 46.7 Å². The first-order valence-electron chi connectivity index (χ1n) is 5.12. The summed E-state index contributed by atoms with van der Waals surface area (Å²) >= 11 is 0. The average Bonchev–Trinajstić information content (AvgIpc) is 2.34. The molecule has 0 aromatic heterocycles. The molecular formula is C10H9F3N2O5. The maximum Gasteiger partial charge on any atom is 0.416 e. The molecule has 3 N–H and O–H groups in total. The molecule has 7 nitrogen and oxygen atoms in total. The van der Waals surface area contributed by atoms with Crippen LogP contribution in [0.15, 0.2) is 18.2 Å². The van der Waals surface area contributed by atoms with Gasteiger partial charge in [0.2, 0.25) is 0 Å². The fourth-order valence-electron chi connectivity index (χ4n) is 1.35. The van der Waals surface area contributed by atoms with Gasteiger partial charge in [0.05, 0.1) is 17.1 Å². The molecule has 0 aliphatic heterocycles. The van der Waals surface area contributed by atoms with E-state index in [1.807, 2.05) is 0 Å². The van der Waals surface area contributed by atoms with Gasteiger partial charge in [0, 0.05) is 6.07 Å². The van der Waals surface area contributed by atoms with E-state index >= 15 is 0 Å². The van der Waals surface area contributed by atoms with Crippen molar-refractivity contribution in [1.29, 1.82) is 0 Å². The van der Waals surface area contributed by atoms with Crippen molar-refractivity contribution in [3.8, 4) is 0 Å². The van der Waals surface area contributed by atoms with Crippen LogP contribution < -0.4 is 5.32 Å². The Morgan fingerprint density at radius 1 is 1.45 bits per heavy atom. The van der Waals surface area contributed by atoms with Crippen LogP contribution >= 0.6 is 0 Å². The molecule has 0 saturated carbocycles. The number of nitrogens with zero attached hydrogens (tertiary/aromatic N) is 1. The number of aliphatic hydroxyl groups is 1. The molecule has 0 bridgehead atoms. The first-order valence-corrected chi connectivity index (χ1v) is 5.12. The summed E-state index contributed by atoms with van der Waals surface area (Å²) < 4.78 is 37.3. The van der Waals surface area contributed by atoms with Gasteiger partial charge in [-0.25, -0.2) is 4.79 Å². The van der Waals surface area contributed by atoms with Crippen LogP contribution in [0.25, 0.3) is 0 Å². The van der Waals surface area contributed by atoms with Gasteiger partial charge in [-0.15, -0.1) is 0 Å². The fourth-order valence-corrected chi connectivity index (χ4v) is 1.35. The minimum atomic E-state index is -4.76. The summed E-state index contributed by atoms with van der Waals surface area (Å²) in [6.45, 7) is -0.881. The first kappa shape index (κ1) is 15.7. The second-order valence-electron chi connectivity index (χ2n) is 3.70. The fraction of sp³-hybridized carbons (Fsp3) is 0.300. The molecule has 0 aliphatic carbocycles. The Kier molecular flexibility index (Phi) is 4.50. The van der Waals surface area contributed by atoms with E-state index in [9.17, 15) is 28.1 Å². The molecule has 0 spiro atoms. The van der Waals surface area contributed by atoms with Crippen LogP contribution in [0.4, 0.5) is 24.5 Å². The predicted octanol–water partition coefficient (Wildman–Crippen LogP) is 1.47. The molecule has 20 heavy (non-hydrogen) atoms. The van der Waals surface area contributed by atoms with E-state index in [-0.39, 0.29) is 0 Å². The summed E-state index contributed by atoms with van der Waals surface area (Å²) in [4.78, 5) is 20.3. The molecule has 0 heterocycles. The van der Waals surface area contributed by atoms with Gasteiger partial charge in [-0.3, -0.25) is 10.1 Å². The summed E-state index contributed by atoms with van der Waals surface area (Å²) in [5.74, 6) is -1.50. The van der Waals surface area contributed by atoms with Crippen molar-refractivity contribution < 1.29 is 33.1 Å². The van der Waals surface area contributed by atoms with Crippen molar-refractivity contribution in [2.24, 2.45) is 0 Å². The summed E-state index contributed by atoms with van der Waals surface area (Å²) in [6, 6.07) is 0.0435. The Bertz CT molecular complexity index is 532. The Balaban J connectivity index is 3.21. The van der Waals surface area contributed by atoms with Crippen LogP contribution in [0.1, 0.15) is 5.56 Å². The largest absolute Gasteiger partial charge is 0.480 e. The number of rotatable bonds is 5. The summed E-state index contributed by atoms with van der Waals surface area (Å²) in [5.41, 5.74) is -2.59. The van der Waals surface area contributed by atoms with Crippen molar-refractivity contribution in [3.05, 3.63) is 33.9 Å². The number of nitro groups is 1. The number of carboxylic acids is 1. The van der Waals surface area contributed by atoms with Crippen LogP contribution in [-0.2, 0) is 11.0 Å². The number of nitro benzene ring substituents is 1. The molecule has 1 aromatic rings. The van der Waals surface area contributed by atoms with Crippen LogP contribution in [0.5, 0.6) is 0 Å². The minimum absolute atomic E-state index is 0.290. The summed E-state index contributed by atoms with van der Waals surface area (Å²) in [7, 11) is 0. The van der Waals surface area contributed by atoms with E-state index in [1.165, 1.54) is 0 Å². The molecule has 1 atom stereocenters. The van der Waals surface area contributed by atoms with Crippen molar-refractivity contribution in [3.63, 3.8) is 0 Å². The number of carbonyl (C=O) groups is 1. The van der Waals surface area contributed by atoms with Gasteiger partial charge >= 0.3 is 12.1 Å². The highest BCUT2D eigenvalue weighted by molar-refractivity contribution is 5.79. The Morgan fingerprint density at radius 2 is 2.05 bits per heavy atom. The van der Waals surface area contributed by atoms with Gasteiger partial charge in [-0.1, -0.05) is 0 Å². The third-order valence-electron chi connectivity index (χ3n) is 2.33. The average molecular weight is 294 g/mol. The van der Waals surface area contributed by atoms with Gasteiger partial charge in [-0.05, 0) is 12.1 Å². The smallest absolute Gasteiger partial charge is 0.416 e. The lowest BCUT2D eigenvalue weighted by atomic mass is 10.1. The predicted molar refractivity (Wildman–Crippen MR) is 60.2 cm³/mol. The number of carboxylic acid groups (broad SMARTS) is 1. The summed E-state index contributed by atoms with van der Waals surface area (Å²) in [5, 5.41) is 30.3. The highest BCUT2D eigenvalue weighted by Gasteiger charge is 2.33. The maximum absolute atomic E-state index is 12.4. The zero-order valence-electron chi connectivity index (χ0n) is 9.72. The molecule has 0 saturated heterocycles. The van der Waals surface area contributed by atoms with Gasteiger partial charge in [0.25, 0.3) is 5.69 Å². The Hall–Kier alpha value is -2.36. The topological polar surface area (TPSA) is 113 Å². The number of anilines is 1. The lowest BCUT2D eigenvalue weighted by molar-refractivity contribution is -0.384. The number of halogens is 3. The first-order chi connectivity index (χ1) is 9.16. The van der Waals surface area contributed by atoms with E-state index in [0.717, 1.165) is 6.07 Å². The lowest BCUT2D eigenvalue weighted by Crippen LogP contribution is -2.33. The summed E-state index contributed by atoms with van der Waals surface area (Å²) in [6.07, 6.45) is -4.76. The number of nitrogens with one attached hydrogen (secondary N) is 1. The second-order valence-corrected chi connectivity index (χ2v) is 3.70. The van der Waals surface area contributed by atoms with Gasteiger partial charge in [0.1, 0.15) is 11.7 Å². The molecular weight excluding hydrogens is 285 g/mol. The third kappa shape index (κ3) is 3.57. The standard InChI is InChI=1S/C10H9F3N2O5/c11-10(12,13)5-1-2-6(8(3-5)15(19)20)14-7(4-16)9(17)18/h1-3,7,14,16H,4H2,(H,17,18)/t7-/m0/s1. The number of aliphatic hydroxyl groups excluding tert-OH is 1. The van der Waals surface area contributed by atoms with Crippen LogP contribution in [-0.4, -0.2) is 33.8 Å². The van der Waals surface area contributed by atoms with Crippen molar-refractivity contribution in [1.82, 2.24) is 0 Å². The van der Waals surface area contributed by atoms with E-state index in [2.05, 4.69) is 5.32 Å². The van der Waals surface area contributed by atoms with Crippen molar-refractivity contribution in [2.45, 2.75) is 12.2 Å². The molecule has 1 aromatic carbocycles. The van der Waals surface area contributed by atoms with Crippen molar-refractivity contribution >= 4 is 17.3 Å². The van der Waals surface area contributed by atoms with E-state index in [0.29, 0.717) is 12.1 Å².